The molecule has 0 radical (unpaired) electrons. The van der Waals surface area contributed by atoms with Crippen molar-refractivity contribution in [2.45, 2.75) is 34.1 Å². The molecule has 2 amide bonds. The van der Waals surface area contributed by atoms with Crippen molar-refractivity contribution in [3.05, 3.63) is 0 Å². The fraction of sp³-hybridized carbons (Fsp3) is 0.778. The molecule has 0 aromatic heterocycles. The monoisotopic (exact) mass is 202 g/mol. The second-order valence-corrected chi connectivity index (χ2v) is 4.13. The molecule has 82 valence electrons. The van der Waals surface area contributed by atoms with Crippen LogP contribution in [0.25, 0.3) is 0 Å². The lowest BCUT2D eigenvalue weighted by Crippen LogP contribution is -2.43. The van der Waals surface area contributed by atoms with Gasteiger partial charge in [0.05, 0.1) is 6.61 Å². The first-order valence-electron chi connectivity index (χ1n) is 4.57. The van der Waals surface area contributed by atoms with Crippen molar-refractivity contribution in [1.82, 2.24) is 10.9 Å². The van der Waals surface area contributed by atoms with E-state index in [0.29, 0.717) is 6.42 Å². The van der Waals surface area contributed by atoms with Crippen LogP contribution in [0, 0.1) is 5.41 Å². The Morgan fingerprint density at radius 3 is 2.21 bits per heavy atom. The van der Waals surface area contributed by atoms with Gasteiger partial charge in [0.15, 0.2) is 0 Å². The molecule has 2 N–H and O–H groups in total. The third-order valence-electron chi connectivity index (χ3n) is 1.27. The zero-order valence-electron chi connectivity index (χ0n) is 9.14. The van der Waals surface area contributed by atoms with E-state index in [0.717, 1.165) is 0 Å². The number of nitrogens with one attached hydrogen (secondary N) is 2. The molecule has 0 atom stereocenters. The molecule has 0 saturated carbocycles. The van der Waals surface area contributed by atoms with E-state index in [-0.39, 0.29) is 17.9 Å². The molecule has 14 heavy (non-hydrogen) atoms. The quantitative estimate of drug-likeness (QED) is 0.661. The molecule has 5 heteroatoms. The molecule has 0 bridgehead atoms. The van der Waals surface area contributed by atoms with Crippen LogP contribution in [0.5, 0.6) is 0 Å². The second-order valence-electron chi connectivity index (χ2n) is 4.13. The lowest BCUT2D eigenvalue weighted by Gasteiger charge is -2.17. The molecule has 0 aromatic carbocycles. The van der Waals surface area contributed by atoms with Crippen LogP contribution in [0.1, 0.15) is 34.1 Å². The normalized spacial score (nSPS) is 10.6. The largest absolute Gasteiger partial charge is 0.449 e. The SMILES string of the molecule is CCOC(=O)NNC(=O)CC(C)(C)C. The Balaban J connectivity index is 3.70. The Kier molecular flexibility index (Phi) is 4.97. The average molecular weight is 202 g/mol. The van der Waals surface area contributed by atoms with E-state index in [1.807, 2.05) is 20.8 Å². The van der Waals surface area contributed by atoms with E-state index < -0.39 is 6.09 Å². The Labute approximate surface area is 84.2 Å². The van der Waals surface area contributed by atoms with Gasteiger partial charge in [-0.1, -0.05) is 20.8 Å². The van der Waals surface area contributed by atoms with Gasteiger partial charge in [-0.2, -0.15) is 0 Å². The summed E-state index contributed by atoms with van der Waals surface area (Å²) in [6, 6.07) is 0. The van der Waals surface area contributed by atoms with Gasteiger partial charge in [-0.15, -0.1) is 0 Å². The van der Waals surface area contributed by atoms with Gasteiger partial charge in [-0.05, 0) is 12.3 Å². The van der Waals surface area contributed by atoms with E-state index >= 15 is 0 Å². The van der Waals surface area contributed by atoms with Gasteiger partial charge >= 0.3 is 6.09 Å². The Bertz CT molecular complexity index is 209. The minimum atomic E-state index is -0.644. The van der Waals surface area contributed by atoms with Gasteiger partial charge < -0.3 is 4.74 Å². The van der Waals surface area contributed by atoms with Gasteiger partial charge in [0.25, 0.3) is 0 Å². The molecule has 5 nitrogen and oxygen atoms in total. The van der Waals surface area contributed by atoms with Crippen molar-refractivity contribution >= 4 is 12.0 Å². The number of carbonyl (C=O) groups excluding carboxylic acids is 2. The molecule has 0 aliphatic carbocycles. The fourth-order valence-electron chi connectivity index (χ4n) is 0.814. The van der Waals surface area contributed by atoms with Gasteiger partial charge in [-0.3, -0.25) is 10.2 Å². The Morgan fingerprint density at radius 2 is 1.79 bits per heavy atom. The van der Waals surface area contributed by atoms with Crippen LogP contribution < -0.4 is 10.9 Å². The zero-order chi connectivity index (χ0) is 11.2. The van der Waals surface area contributed by atoms with E-state index in [1.165, 1.54) is 0 Å². The van der Waals surface area contributed by atoms with Crippen molar-refractivity contribution in [3.63, 3.8) is 0 Å². The summed E-state index contributed by atoms with van der Waals surface area (Å²) in [5.74, 6) is -0.231. The molecule has 0 heterocycles. The number of amides is 2. The summed E-state index contributed by atoms with van der Waals surface area (Å²) in [5.41, 5.74) is 4.31. The van der Waals surface area contributed by atoms with E-state index in [9.17, 15) is 9.59 Å². The molecule has 0 aliphatic rings. The number of hydrogen-bond acceptors (Lipinski definition) is 3. The number of carbonyl (C=O) groups is 2. The molecule has 0 fully saturated rings. The van der Waals surface area contributed by atoms with Crippen LogP contribution in [-0.2, 0) is 9.53 Å². The fourth-order valence-corrected chi connectivity index (χ4v) is 0.814. The predicted octanol–water partition coefficient (Wildman–Crippen LogP) is 1.20. The lowest BCUT2D eigenvalue weighted by molar-refractivity contribution is -0.123. The van der Waals surface area contributed by atoms with Crippen molar-refractivity contribution < 1.29 is 14.3 Å². The smallest absolute Gasteiger partial charge is 0.426 e. The third-order valence-corrected chi connectivity index (χ3v) is 1.27. The van der Waals surface area contributed by atoms with Crippen LogP contribution in [0.3, 0.4) is 0 Å². The lowest BCUT2D eigenvalue weighted by atomic mass is 9.92. The van der Waals surface area contributed by atoms with Crippen molar-refractivity contribution in [3.8, 4) is 0 Å². The summed E-state index contributed by atoms with van der Waals surface area (Å²) in [6.07, 6.45) is -0.297. The molecule has 0 rings (SSSR count). The molecule has 0 aliphatic heterocycles. The summed E-state index contributed by atoms with van der Waals surface area (Å²) in [7, 11) is 0. The van der Waals surface area contributed by atoms with Crippen molar-refractivity contribution in [2.75, 3.05) is 6.61 Å². The number of ether oxygens (including phenoxy) is 1. The zero-order valence-corrected chi connectivity index (χ0v) is 9.14. The highest BCUT2D eigenvalue weighted by molar-refractivity contribution is 5.79. The Hall–Kier alpha value is -1.26. The summed E-state index contributed by atoms with van der Waals surface area (Å²) in [5, 5.41) is 0. The van der Waals surface area contributed by atoms with Gasteiger partial charge in [0, 0.05) is 6.42 Å². The standard InChI is InChI=1S/C9H18N2O3/c1-5-14-8(13)11-10-7(12)6-9(2,3)4/h5-6H2,1-4H3,(H,10,12)(H,11,13). The van der Waals surface area contributed by atoms with Gasteiger partial charge in [0.1, 0.15) is 0 Å². The van der Waals surface area contributed by atoms with E-state index in [1.54, 1.807) is 6.92 Å². The summed E-state index contributed by atoms with van der Waals surface area (Å²) in [4.78, 5) is 22.0. The predicted molar refractivity (Wildman–Crippen MR) is 52.4 cm³/mol. The molecule has 0 spiro atoms. The van der Waals surface area contributed by atoms with E-state index in [4.69, 9.17) is 0 Å². The van der Waals surface area contributed by atoms with Crippen LogP contribution in [0.15, 0.2) is 0 Å². The summed E-state index contributed by atoms with van der Waals surface area (Å²) >= 11 is 0. The first kappa shape index (κ1) is 12.7. The van der Waals surface area contributed by atoms with Crippen LogP contribution >= 0.6 is 0 Å². The van der Waals surface area contributed by atoms with Crippen molar-refractivity contribution in [2.24, 2.45) is 5.41 Å². The minimum absolute atomic E-state index is 0.0968. The maximum Gasteiger partial charge on any atom is 0.426 e. The van der Waals surface area contributed by atoms with Gasteiger partial charge in [0.2, 0.25) is 5.91 Å². The first-order chi connectivity index (χ1) is 6.35. The third kappa shape index (κ3) is 7.39. The van der Waals surface area contributed by atoms with E-state index in [2.05, 4.69) is 15.6 Å². The summed E-state index contributed by atoms with van der Waals surface area (Å²) < 4.78 is 4.56. The Morgan fingerprint density at radius 1 is 1.21 bits per heavy atom. The van der Waals surface area contributed by atoms with Crippen LogP contribution in [0.2, 0.25) is 0 Å². The first-order valence-corrected chi connectivity index (χ1v) is 4.57. The number of hydrazine groups is 1. The highest BCUT2D eigenvalue weighted by Gasteiger charge is 2.16. The summed E-state index contributed by atoms with van der Waals surface area (Å²) in [6.45, 7) is 7.79. The van der Waals surface area contributed by atoms with Crippen LogP contribution in [-0.4, -0.2) is 18.6 Å². The number of rotatable bonds is 2. The molecule has 0 saturated heterocycles. The number of hydrogen-bond donors (Lipinski definition) is 2. The van der Waals surface area contributed by atoms with Crippen LogP contribution in [0.4, 0.5) is 4.79 Å². The van der Waals surface area contributed by atoms with Crippen molar-refractivity contribution in [1.29, 1.82) is 0 Å². The van der Waals surface area contributed by atoms with Gasteiger partial charge in [-0.25, -0.2) is 10.2 Å². The maximum atomic E-state index is 11.2. The second kappa shape index (κ2) is 5.47. The minimum Gasteiger partial charge on any atom is -0.449 e. The highest BCUT2D eigenvalue weighted by atomic mass is 16.5. The molecule has 0 unspecified atom stereocenters. The maximum absolute atomic E-state index is 11.2. The molecular formula is C9H18N2O3. The molecular weight excluding hydrogens is 184 g/mol. The molecule has 0 aromatic rings. The highest BCUT2D eigenvalue weighted by Crippen LogP contribution is 2.17. The average Bonchev–Trinajstić information content (AvgIpc) is 1.98. The topological polar surface area (TPSA) is 67.4 Å².